The zero-order valence-corrected chi connectivity index (χ0v) is 17.2. The lowest BCUT2D eigenvalue weighted by atomic mass is 9.86. The molecule has 3 aliphatic rings. The molecule has 0 spiro atoms. The third kappa shape index (κ3) is 3.58. The normalized spacial score (nSPS) is 29.3. The number of hydrogen-bond acceptors (Lipinski definition) is 3. The number of sulfonamides is 1. The lowest BCUT2D eigenvalue weighted by Gasteiger charge is -2.35. The Hall–Kier alpha value is -0.920. The van der Waals surface area contributed by atoms with Crippen LogP contribution in [0.25, 0.3) is 0 Å². The number of nitrogens with zero attached hydrogens (tertiary/aromatic N) is 2. The number of carbonyl (C=O) groups excluding carboxylic acids is 1. The number of carbonyl (C=O) groups is 1. The van der Waals surface area contributed by atoms with Gasteiger partial charge in [0.05, 0.1) is 4.90 Å². The second-order valence-corrected chi connectivity index (χ2v) is 10.7. The molecule has 7 heteroatoms. The highest BCUT2D eigenvalue weighted by molar-refractivity contribution is 9.10. The molecule has 3 atom stereocenters. The average molecular weight is 441 g/mol. The number of rotatable bonds is 4. The molecule has 1 aromatic carbocycles. The summed E-state index contributed by atoms with van der Waals surface area (Å²) < 4.78 is 27.8. The molecule has 1 aliphatic heterocycles. The van der Waals surface area contributed by atoms with E-state index < -0.39 is 10.0 Å². The van der Waals surface area contributed by atoms with Gasteiger partial charge in [0, 0.05) is 37.1 Å². The molecule has 0 N–H and O–H groups in total. The third-order valence-electron chi connectivity index (χ3n) is 6.35. The van der Waals surface area contributed by atoms with E-state index in [9.17, 15) is 13.2 Å². The van der Waals surface area contributed by atoms with E-state index >= 15 is 0 Å². The maximum atomic E-state index is 12.8. The van der Waals surface area contributed by atoms with Crippen LogP contribution in [0, 0.1) is 17.8 Å². The Kier molecular flexibility index (Phi) is 5.14. The Balaban J connectivity index is 1.34. The molecule has 2 bridgehead atoms. The zero-order chi connectivity index (χ0) is 18.3. The van der Waals surface area contributed by atoms with Crippen LogP contribution in [0.2, 0.25) is 0 Å². The third-order valence-corrected chi connectivity index (χ3v) is 8.73. The Labute approximate surface area is 163 Å². The maximum Gasteiger partial charge on any atom is 0.243 e. The quantitative estimate of drug-likeness (QED) is 0.722. The fraction of sp³-hybridized carbons (Fsp3) is 0.632. The molecule has 2 saturated carbocycles. The van der Waals surface area contributed by atoms with Gasteiger partial charge in [0.15, 0.2) is 0 Å². The predicted octanol–water partition coefficient (Wildman–Crippen LogP) is 3.11. The smallest absolute Gasteiger partial charge is 0.243 e. The SMILES string of the molecule is O=C(C[C@@H]1C[C@@H]2CC[C@@H]1C2)N1CCN(S(=O)(=O)c2cccc(Br)c2)CC1. The van der Waals surface area contributed by atoms with Gasteiger partial charge < -0.3 is 4.90 Å². The van der Waals surface area contributed by atoms with Gasteiger partial charge in [-0.1, -0.05) is 28.4 Å². The molecule has 26 heavy (non-hydrogen) atoms. The van der Waals surface area contributed by atoms with E-state index in [2.05, 4.69) is 15.9 Å². The van der Waals surface area contributed by atoms with Crippen molar-refractivity contribution < 1.29 is 13.2 Å². The van der Waals surface area contributed by atoms with E-state index in [1.165, 1.54) is 30.0 Å². The Morgan fingerprint density at radius 2 is 1.88 bits per heavy atom. The van der Waals surface area contributed by atoms with Crippen molar-refractivity contribution in [1.82, 2.24) is 9.21 Å². The molecule has 0 radical (unpaired) electrons. The summed E-state index contributed by atoms with van der Waals surface area (Å²) in [5.41, 5.74) is 0. The van der Waals surface area contributed by atoms with E-state index in [-0.39, 0.29) is 5.91 Å². The second-order valence-electron chi connectivity index (χ2n) is 7.88. The van der Waals surface area contributed by atoms with Crippen LogP contribution < -0.4 is 0 Å². The molecular weight excluding hydrogens is 416 g/mol. The summed E-state index contributed by atoms with van der Waals surface area (Å²) in [6.45, 7) is 1.73. The Morgan fingerprint density at radius 1 is 1.12 bits per heavy atom. The van der Waals surface area contributed by atoms with Crippen LogP contribution in [0.1, 0.15) is 32.1 Å². The minimum atomic E-state index is -3.50. The van der Waals surface area contributed by atoms with Crippen molar-refractivity contribution in [2.75, 3.05) is 26.2 Å². The van der Waals surface area contributed by atoms with Crippen molar-refractivity contribution in [3.05, 3.63) is 28.7 Å². The van der Waals surface area contributed by atoms with E-state index in [0.29, 0.717) is 43.4 Å². The largest absolute Gasteiger partial charge is 0.340 e. The maximum absolute atomic E-state index is 12.8. The first kappa shape index (κ1) is 18.4. The van der Waals surface area contributed by atoms with Crippen LogP contribution in [0.4, 0.5) is 0 Å². The summed E-state index contributed by atoms with van der Waals surface area (Å²) >= 11 is 3.33. The molecule has 1 aromatic rings. The van der Waals surface area contributed by atoms with Crippen LogP contribution in [0.15, 0.2) is 33.6 Å². The number of halogens is 1. The summed E-state index contributed by atoms with van der Waals surface area (Å²) in [5, 5.41) is 0. The summed E-state index contributed by atoms with van der Waals surface area (Å²) in [6.07, 6.45) is 5.83. The van der Waals surface area contributed by atoms with Gasteiger partial charge in [0.2, 0.25) is 15.9 Å². The number of hydrogen-bond donors (Lipinski definition) is 0. The van der Waals surface area contributed by atoms with Crippen LogP contribution in [0.3, 0.4) is 0 Å². The Morgan fingerprint density at radius 3 is 2.50 bits per heavy atom. The van der Waals surface area contributed by atoms with Crippen LogP contribution in [-0.2, 0) is 14.8 Å². The molecule has 4 rings (SSSR count). The molecule has 5 nitrogen and oxygen atoms in total. The van der Waals surface area contributed by atoms with E-state index in [0.717, 1.165) is 16.3 Å². The van der Waals surface area contributed by atoms with Gasteiger partial charge >= 0.3 is 0 Å². The van der Waals surface area contributed by atoms with E-state index in [1.807, 2.05) is 11.0 Å². The minimum Gasteiger partial charge on any atom is -0.340 e. The monoisotopic (exact) mass is 440 g/mol. The van der Waals surface area contributed by atoms with Gasteiger partial charge in [0.25, 0.3) is 0 Å². The molecule has 1 heterocycles. The van der Waals surface area contributed by atoms with Crippen molar-refractivity contribution in [3.8, 4) is 0 Å². The fourth-order valence-electron chi connectivity index (χ4n) is 4.93. The first-order valence-electron chi connectivity index (χ1n) is 9.47. The number of fused-ring (bicyclic) bond motifs is 2. The summed E-state index contributed by atoms with van der Waals surface area (Å²) in [4.78, 5) is 14.8. The molecule has 0 aromatic heterocycles. The lowest BCUT2D eigenvalue weighted by molar-refractivity contribution is -0.133. The molecular formula is C19H25BrN2O3S. The number of piperazine rings is 1. The van der Waals surface area contributed by atoms with Crippen LogP contribution in [-0.4, -0.2) is 49.7 Å². The number of amides is 1. The lowest BCUT2D eigenvalue weighted by Crippen LogP contribution is -2.50. The predicted molar refractivity (Wildman–Crippen MR) is 103 cm³/mol. The summed E-state index contributed by atoms with van der Waals surface area (Å²) in [7, 11) is -3.50. The first-order chi connectivity index (χ1) is 12.4. The standard InChI is InChI=1S/C19H25BrN2O3S/c20-17-2-1-3-18(13-17)26(24,25)22-8-6-21(7-9-22)19(23)12-16-11-14-4-5-15(16)10-14/h1-3,13-16H,4-12H2/t14-,15-,16+/m1/s1. The Bertz CT molecular complexity index is 790. The fourth-order valence-corrected chi connectivity index (χ4v) is 6.95. The highest BCUT2D eigenvalue weighted by atomic mass is 79.9. The minimum absolute atomic E-state index is 0.210. The van der Waals surface area contributed by atoms with Crippen molar-refractivity contribution >= 4 is 31.9 Å². The zero-order valence-electron chi connectivity index (χ0n) is 14.8. The van der Waals surface area contributed by atoms with Gasteiger partial charge in [-0.25, -0.2) is 8.42 Å². The van der Waals surface area contributed by atoms with Gasteiger partial charge in [-0.05, 0) is 55.2 Å². The topological polar surface area (TPSA) is 57.7 Å². The van der Waals surface area contributed by atoms with E-state index in [4.69, 9.17) is 0 Å². The highest BCUT2D eigenvalue weighted by Gasteiger charge is 2.41. The van der Waals surface area contributed by atoms with Crippen molar-refractivity contribution in [1.29, 1.82) is 0 Å². The summed E-state index contributed by atoms with van der Waals surface area (Å²) in [6, 6.07) is 6.78. The van der Waals surface area contributed by atoms with Gasteiger partial charge in [-0.15, -0.1) is 0 Å². The van der Waals surface area contributed by atoms with Crippen LogP contribution in [0.5, 0.6) is 0 Å². The van der Waals surface area contributed by atoms with Gasteiger partial charge in [-0.3, -0.25) is 4.79 Å². The number of benzene rings is 1. The molecule has 3 fully saturated rings. The first-order valence-corrected chi connectivity index (χ1v) is 11.7. The van der Waals surface area contributed by atoms with E-state index in [1.54, 1.807) is 18.2 Å². The van der Waals surface area contributed by atoms with Crippen LogP contribution >= 0.6 is 15.9 Å². The van der Waals surface area contributed by atoms with Crippen molar-refractivity contribution in [3.63, 3.8) is 0 Å². The summed E-state index contributed by atoms with van der Waals surface area (Å²) in [5.74, 6) is 2.37. The second kappa shape index (κ2) is 7.24. The van der Waals surface area contributed by atoms with Gasteiger partial charge in [-0.2, -0.15) is 4.31 Å². The van der Waals surface area contributed by atoms with Crippen molar-refractivity contribution in [2.24, 2.45) is 17.8 Å². The highest BCUT2D eigenvalue weighted by Crippen LogP contribution is 2.49. The molecule has 142 valence electrons. The molecule has 2 aliphatic carbocycles. The average Bonchev–Trinajstić information content (AvgIpc) is 3.25. The molecule has 0 unspecified atom stereocenters. The molecule has 1 amide bonds. The molecule has 1 saturated heterocycles. The van der Waals surface area contributed by atoms with Gasteiger partial charge in [0.1, 0.15) is 0 Å². The van der Waals surface area contributed by atoms with Crippen molar-refractivity contribution in [2.45, 2.75) is 37.0 Å².